The van der Waals surface area contributed by atoms with E-state index in [9.17, 15) is 4.79 Å². The van der Waals surface area contributed by atoms with Crippen LogP contribution in [-0.4, -0.2) is 22.2 Å². The molecule has 0 aliphatic carbocycles. The van der Waals surface area contributed by atoms with Gasteiger partial charge in [0.2, 0.25) is 0 Å². The molecular weight excluding hydrogens is 324 g/mol. The molecule has 24 heavy (non-hydrogen) atoms. The Morgan fingerprint density at radius 1 is 1.38 bits per heavy atom. The number of nitrogens with zero attached hydrogens (tertiary/aromatic N) is 2. The summed E-state index contributed by atoms with van der Waals surface area (Å²) < 4.78 is 5.15. The molecule has 1 unspecified atom stereocenters. The molecule has 2 aromatic rings. The number of nitrogens with one attached hydrogen (secondary N) is 2. The molecule has 2 aromatic heterocycles. The Balaban J connectivity index is 1.82. The Morgan fingerprint density at radius 3 is 2.62 bits per heavy atom. The number of carbonyl (C=O) groups excluding carboxylic acids is 1. The van der Waals surface area contributed by atoms with E-state index >= 15 is 0 Å². The van der Waals surface area contributed by atoms with E-state index in [2.05, 4.69) is 46.9 Å². The van der Waals surface area contributed by atoms with Crippen LogP contribution in [0.25, 0.3) is 0 Å². The average Bonchev–Trinajstić information content (AvgIpc) is 3.07. The molecule has 0 bridgehead atoms. The molecule has 7 heteroatoms. The van der Waals surface area contributed by atoms with Gasteiger partial charge in [-0.05, 0) is 27.2 Å². The van der Waals surface area contributed by atoms with Gasteiger partial charge in [0.25, 0.3) is 0 Å². The van der Waals surface area contributed by atoms with Crippen LogP contribution in [0.1, 0.15) is 55.4 Å². The summed E-state index contributed by atoms with van der Waals surface area (Å²) in [6.45, 7) is 12.6. The highest BCUT2D eigenvalue weighted by Crippen LogP contribution is 2.23. The molecule has 0 saturated heterocycles. The highest BCUT2D eigenvalue weighted by Gasteiger charge is 2.18. The van der Waals surface area contributed by atoms with Crippen molar-refractivity contribution in [2.75, 3.05) is 0 Å². The number of hydrogen-bond acceptors (Lipinski definition) is 5. The molecule has 0 aliphatic rings. The summed E-state index contributed by atoms with van der Waals surface area (Å²) in [4.78, 5) is 16.6. The third kappa shape index (κ3) is 4.80. The van der Waals surface area contributed by atoms with Crippen LogP contribution < -0.4 is 10.6 Å². The van der Waals surface area contributed by atoms with Gasteiger partial charge >= 0.3 is 6.03 Å². The zero-order valence-electron chi connectivity index (χ0n) is 15.2. The second-order valence-corrected chi connectivity index (χ2v) is 8.05. The second-order valence-electron chi connectivity index (χ2n) is 7.11. The summed E-state index contributed by atoms with van der Waals surface area (Å²) in [6, 6.07) is -0.204. The fraction of sp³-hybridized carbons (Fsp3) is 0.588. The van der Waals surface area contributed by atoms with Crippen LogP contribution in [0, 0.1) is 13.8 Å². The van der Waals surface area contributed by atoms with Gasteiger partial charge < -0.3 is 15.2 Å². The van der Waals surface area contributed by atoms with Gasteiger partial charge in [0.05, 0.1) is 17.9 Å². The fourth-order valence-electron chi connectivity index (χ4n) is 2.32. The lowest BCUT2D eigenvalue weighted by molar-refractivity contribution is 0.237. The molecule has 6 nitrogen and oxygen atoms in total. The standard InChI is InChI=1S/C17H26N4O2S/c1-10(7-13-11(2)21-23-12(13)3)19-16(22)18-8-15-20-14(9-24-15)17(4,5)6/h9-10H,7-8H2,1-6H3,(H2,18,19,22). The molecule has 0 saturated carbocycles. The largest absolute Gasteiger partial charge is 0.361 e. The molecule has 132 valence electrons. The molecule has 1 atom stereocenters. The quantitative estimate of drug-likeness (QED) is 0.865. The molecular formula is C17H26N4O2S. The van der Waals surface area contributed by atoms with Crippen molar-refractivity contribution in [2.24, 2.45) is 0 Å². The molecule has 0 aromatic carbocycles. The first-order valence-corrected chi connectivity index (χ1v) is 8.95. The van der Waals surface area contributed by atoms with Gasteiger partial charge in [-0.15, -0.1) is 11.3 Å². The molecule has 0 aliphatic heterocycles. The van der Waals surface area contributed by atoms with Gasteiger partial charge in [0.15, 0.2) is 0 Å². The van der Waals surface area contributed by atoms with Gasteiger partial charge in [0, 0.05) is 22.4 Å². The predicted octanol–water partition coefficient (Wildman–Crippen LogP) is 3.48. The van der Waals surface area contributed by atoms with E-state index in [4.69, 9.17) is 4.52 Å². The number of urea groups is 1. The van der Waals surface area contributed by atoms with E-state index in [0.29, 0.717) is 13.0 Å². The fourth-order valence-corrected chi connectivity index (χ4v) is 3.28. The van der Waals surface area contributed by atoms with Crippen LogP contribution in [0.15, 0.2) is 9.90 Å². The topological polar surface area (TPSA) is 80.0 Å². The smallest absolute Gasteiger partial charge is 0.315 e. The first kappa shape index (κ1) is 18.4. The van der Waals surface area contributed by atoms with Crippen LogP contribution in [0.3, 0.4) is 0 Å². The van der Waals surface area contributed by atoms with Crippen molar-refractivity contribution in [3.05, 3.63) is 33.1 Å². The SMILES string of the molecule is Cc1noc(C)c1CC(C)NC(=O)NCc1nc(C(C)(C)C)cs1. The lowest BCUT2D eigenvalue weighted by Gasteiger charge is -2.15. The highest BCUT2D eigenvalue weighted by atomic mass is 32.1. The van der Waals surface area contributed by atoms with E-state index in [1.165, 1.54) is 0 Å². The second kappa shape index (κ2) is 7.34. The summed E-state index contributed by atoms with van der Waals surface area (Å²) in [7, 11) is 0. The van der Waals surface area contributed by atoms with Crippen molar-refractivity contribution < 1.29 is 9.32 Å². The van der Waals surface area contributed by atoms with Gasteiger partial charge in [-0.1, -0.05) is 25.9 Å². The van der Waals surface area contributed by atoms with E-state index in [1.807, 2.05) is 20.8 Å². The normalized spacial score (nSPS) is 12.9. The number of aromatic nitrogens is 2. The van der Waals surface area contributed by atoms with Crippen molar-refractivity contribution in [2.45, 2.75) is 66.0 Å². The molecule has 2 N–H and O–H groups in total. The summed E-state index contributed by atoms with van der Waals surface area (Å²) in [5.41, 5.74) is 3.01. The van der Waals surface area contributed by atoms with Gasteiger partial charge in [0.1, 0.15) is 10.8 Å². The number of carbonyl (C=O) groups is 1. The number of hydrogen-bond donors (Lipinski definition) is 2. The third-order valence-corrected chi connectivity index (χ3v) is 4.64. The Kier molecular flexibility index (Phi) is 5.64. The van der Waals surface area contributed by atoms with Crippen molar-refractivity contribution in [3.8, 4) is 0 Å². The highest BCUT2D eigenvalue weighted by molar-refractivity contribution is 7.09. The summed E-state index contributed by atoms with van der Waals surface area (Å²) in [6.07, 6.45) is 0.694. The zero-order valence-corrected chi connectivity index (χ0v) is 16.0. The Bertz CT molecular complexity index is 680. The number of rotatable bonds is 5. The predicted molar refractivity (Wildman–Crippen MR) is 95.3 cm³/mol. The van der Waals surface area contributed by atoms with Gasteiger partial charge in [-0.3, -0.25) is 0 Å². The number of aryl methyl sites for hydroxylation is 2. The zero-order chi connectivity index (χ0) is 17.9. The number of amides is 2. The van der Waals surface area contributed by atoms with E-state index in [1.54, 1.807) is 11.3 Å². The maximum Gasteiger partial charge on any atom is 0.315 e. The van der Waals surface area contributed by atoms with Crippen LogP contribution in [0.2, 0.25) is 0 Å². The third-order valence-electron chi connectivity index (χ3n) is 3.79. The van der Waals surface area contributed by atoms with Gasteiger partial charge in [-0.2, -0.15) is 0 Å². The maximum absolute atomic E-state index is 12.0. The summed E-state index contributed by atoms with van der Waals surface area (Å²) in [5.74, 6) is 0.805. The van der Waals surface area contributed by atoms with E-state index < -0.39 is 0 Å². The summed E-state index contributed by atoms with van der Waals surface area (Å²) >= 11 is 1.57. The first-order chi connectivity index (χ1) is 11.2. The minimum atomic E-state index is -0.193. The molecule has 0 spiro atoms. The first-order valence-electron chi connectivity index (χ1n) is 8.08. The van der Waals surface area contributed by atoms with Crippen LogP contribution >= 0.6 is 11.3 Å². The van der Waals surface area contributed by atoms with Crippen molar-refractivity contribution in [3.63, 3.8) is 0 Å². The van der Waals surface area contributed by atoms with Crippen molar-refractivity contribution in [1.82, 2.24) is 20.8 Å². The Hall–Kier alpha value is -1.89. The van der Waals surface area contributed by atoms with E-state index in [0.717, 1.165) is 27.7 Å². The molecule has 0 fully saturated rings. The van der Waals surface area contributed by atoms with Gasteiger partial charge in [-0.25, -0.2) is 9.78 Å². The number of thiazole rings is 1. The van der Waals surface area contributed by atoms with E-state index in [-0.39, 0.29) is 17.5 Å². The maximum atomic E-state index is 12.0. The van der Waals surface area contributed by atoms with Crippen LogP contribution in [0.4, 0.5) is 4.79 Å². The lowest BCUT2D eigenvalue weighted by Crippen LogP contribution is -2.41. The van der Waals surface area contributed by atoms with Crippen molar-refractivity contribution >= 4 is 17.4 Å². The molecule has 2 heterocycles. The Morgan fingerprint density at radius 2 is 2.08 bits per heavy atom. The lowest BCUT2D eigenvalue weighted by atomic mass is 9.93. The van der Waals surface area contributed by atoms with Crippen molar-refractivity contribution in [1.29, 1.82) is 0 Å². The average molecular weight is 350 g/mol. The monoisotopic (exact) mass is 350 g/mol. The Labute approximate surface area is 147 Å². The van der Waals surface area contributed by atoms with Crippen LogP contribution in [-0.2, 0) is 18.4 Å². The molecule has 2 amide bonds. The molecule has 2 rings (SSSR count). The van der Waals surface area contributed by atoms with Crippen LogP contribution in [0.5, 0.6) is 0 Å². The molecule has 0 radical (unpaired) electrons. The summed E-state index contributed by atoms with van der Waals surface area (Å²) in [5, 5.41) is 12.7. The minimum absolute atomic E-state index is 0.0109. The minimum Gasteiger partial charge on any atom is -0.361 e.